The van der Waals surface area contributed by atoms with Crippen LogP contribution in [-0.2, 0) is 22.8 Å². The zero-order chi connectivity index (χ0) is 27.6. The largest absolute Gasteiger partial charge is 0.495 e. The number of nitrogens with zero attached hydrogens (tertiary/aromatic N) is 3. The number of methoxy groups -OCH3 is 1. The third kappa shape index (κ3) is 5.42. The van der Waals surface area contributed by atoms with Crippen LogP contribution in [0.5, 0.6) is 5.75 Å². The van der Waals surface area contributed by atoms with E-state index in [1.54, 1.807) is 19.1 Å². The van der Waals surface area contributed by atoms with Gasteiger partial charge in [0.25, 0.3) is 0 Å². The molecule has 3 aromatic rings. The van der Waals surface area contributed by atoms with Crippen LogP contribution in [0.3, 0.4) is 0 Å². The quantitative estimate of drug-likeness (QED) is 0.453. The summed E-state index contributed by atoms with van der Waals surface area (Å²) in [6.45, 7) is 5.82. The average molecular weight is 533 g/mol. The summed E-state index contributed by atoms with van der Waals surface area (Å²) in [7, 11) is 3.33. The van der Waals surface area contributed by atoms with Crippen molar-refractivity contribution in [3.8, 4) is 5.75 Å². The minimum absolute atomic E-state index is 0.0799. The van der Waals surface area contributed by atoms with Crippen LogP contribution in [0, 0.1) is 6.92 Å². The first-order chi connectivity index (χ1) is 18.0. The smallest absolute Gasteiger partial charge is 0.416 e. The fourth-order valence-corrected chi connectivity index (χ4v) is 4.81. The fraction of sp³-hybridized carbons (Fsp3) is 0.407. The van der Waals surface area contributed by atoms with Crippen molar-refractivity contribution >= 4 is 34.2 Å². The van der Waals surface area contributed by atoms with Crippen molar-refractivity contribution in [2.45, 2.75) is 20.0 Å². The molecule has 1 aromatic heterocycles. The third-order valence-electron chi connectivity index (χ3n) is 6.86. The molecule has 1 fully saturated rings. The van der Waals surface area contributed by atoms with Gasteiger partial charge in [0.1, 0.15) is 5.75 Å². The molecule has 8 nitrogen and oxygen atoms in total. The summed E-state index contributed by atoms with van der Waals surface area (Å²) >= 11 is 0. The number of nitrogens with one attached hydrogen (secondary N) is 1. The average Bonchev–Trinajstić information content (AvgIpc) is 3.14. The van der Waals surface area contributed by atoms with Gasteiger partial charge in [-0.2, -0.15) is 13.2 Å². The second-order valence-corrected chi connectivity index (χ2v) is 9.14. The van der Waals surface area contributed by atoms with Gasteiger partial charge in [-0.05, 0) is 44.2 Å². The zero-order valence-corrected chi connectivity index (χ0v) is 21.8. The lowest BCUT2D eigenvalue weighted by Gasteiger charge is -2.36. The number of hydrogen-bond donors (Lipinski definition) is 1. The molecule has 0 radical (unpaired) electrons. The molecule has 11 heteroatoms. The molecule has 1 aliphatic heterocycles. The van der Waals surface area contributed by atoms with Crippen LogP contribution >= 0.6 is 0 Å². The normalized spacial score (nSPS) is 14.6. The van der Waals surface area contributed by atoms with Crippen molar-refractivity contribution in [3.63, 3.8) is 0 Å². The maximum absolute atomic E-state index is 13.1. The number of esters is 1. The minimum Gasteiger partial charge on any atom is -0.495 e. The Balaban J connectivity index is 1.49. The molecule has 0 bridgehead atoms. The monoisotopic (exact) mass is 532 g/mol. The third-order valence-corrected chi connectivity index (χ3v) is 6.86. The molecule has 1 amide bonds. The van der Waals surface area contributed by atoms with E-state index in [4.69, 9.17) is 9.47 Å². The Labute approximate surface area is 218 Å². The zero-order valence-electron chi connectivity index (χ0n) is 21.8. The molecule has 0 saturated carbocycles. The predicted molar refractivity (Wildman–Crippen MR) is 139 cm³/mol. The van der Waals surface area contributed by atoms with E-state index in [2.05, 4.69) is 5.32 Å². The highest BCUT2D eigenvalue weighted by Gasteiger charge is 2.31. The summed E-state index contributed by atoms with van der Waals surface area (Å²) in [5.41, 5.74) is 2.03. The number of halogens is 3. The summed E-state index contributed by atoms with van der Waals surface area (Å²) in [6.07, 6.45) is -4.40. The van der Waals surface area contributed by atoms with Crippen LogP contribution in [-0.4, -0.2) is 67.8 Å². The van der Waals surface area contributed by atoms with Gasteiger partial charge in [0, 0.05) is 50.0 Å². The van der Waals surface area contributed by atoms with E-state index < -0.39 is 17.7 Å². The van der Waals surface area contributed by atoms with Gasteiger partial charge in [-0.25, -0.2) is 4.79 Å². The van der Waals surface area contributed by atoms with Crippen LogP contribution in [0.1, 0.15) is 28.5 Å². The number of carbonyl (C=O) groups is 2. The lowest BCUT2D eigenvalue weighted by Crippen LogP contribution is -2.48. The van der Waals surface area contributed by atoms with Gasteiger partial charge in [0.05, 0.1) is 42.6 Å². The van der Waals surface area contributed by atoms with E-state index in [1.165, 1.54) is 13.2 Å². The van der Waals surface area contributed by atoms with Crippen LogP contribution < -0.4 is 15.0 Å². The lowest BCUT2D eigenvalue weighted by atomic mass is 10.1. The molecule has 2 aromatic carbocycles. The Morgan fingerprint density at radius 3 is 2.42 bits per heavy atom. The SMILES string of the molecule is CCOC(=O)c1c(C)n(C)c2ccc(OC)c(NC(=O)CN3CCN(c4cccc(C(F)(F)F)c4)CC3)c12. The number of anilines is 2. The molecule has 0 unspecified atom stereocenters. The van der Waals surface area contributed by atoms with Gasteiger partial charge < -0.3 is 24.3 Å². The molecule has 2 heterocycles. The highest BCUT2D eigenvalue weighted by atomic mass is 19.4. The molecular formula is C27H31F3N4O4. The second kappa shape index (κ2) is 10.9. The molecule has 38 heavy (non-hydrogen) atoms. The molecule has 0 spiro atoms. The van der Waals surface area contributed by atoms with Crippen molar-refractivity contribution in [2.75, 3.05) is 56.7 Å². The Kier molecular flexibility index (Phi) is 7.86. The summed E-state index contributed by atoms with van der Waals surface area (Å²) in [6, 6.07) is 8.83. The van der Waals surface area contributed by atoms with Gasteiger partial charge in [-0.3, -0.25) is 9.69 Å². The second-order valence-electron chi connectivity index (χ2n) is 9.14. The molecule has 1 saturated heterocycles. The summed E-state index contributed by atoms with van der Waals surface area (Å²) in [5, 5.41) is 3.48. The highest BCUT2D eigenvalue weighted by molar-refractivity contribution is 6.14. The molecule has 4 rings (SSSR count). The van der Waals surface area contributed by atoms with E-state index >= 15 is 0 Å². The summed E-state index contributed by atoms with van der Waals surface area (Å²) in [4.78, 5) is 29.8. The maximum atomic E-state index is 13.1. The van der Waals surface area contributed by atoms with Gasteiger partial charge in [-0.1, -0.05) is 6.07 Å². The van der Waals surface area contributed by atoms with E-state index in [0.717, 1.165) is 17.6 Å². The molecule has 1 aliphatic rings. The molecule has 0 aliphatic carbocycles. The summed E-state index contributed by atoms with van der Waals surface area (Å²) < 4.78 is 51.9. The molecular weight excluding hydrogens is 501 g/mol. The first kappa shape index (κ1) is 27.3. The number of amides is 1. The van der Waals surface area contributed by atoms with Crippen LogP contribution in [0.15, 0.2) is 36.4 Å². The Morgan fingerprint density at radius 1 is 1.08 bits per heavy atom. The Bertz CT molecular complexity index is 1340. The van der Waals surface area contributed by atoms with E-state index in [0.29, 0.717) is 59.9 Å². The van der Waals surface area contributed by atoms with Crippen molar-refractivity contribution < 1.29 is 32.2 Å². The fourth-order valence-electron chi connectivity index (χ4n) is 4.81. The van der Waals surface area contributed by atoms with E-state index in [9.17, 15) is 22.8 Å². The van der Waals surface area contributed by atoms with Crippen molar-refractivity contribution in [1.29, 1.82) is 0 Å². The number of ether oxygens (including phenoxy) is 2. The number of fused-ring (bicyclic) bond motifs is 1. The Morgan fingerprint density at radius 2 is 1.79 bits per heavy atom. The number of aryl methyl sites for hydroxylation is 1. The van der Waals surface area contributed by atoms with Gasteiger partial charge in [-0.15, -0.1) is 0 Å². The number of hydrogen-bond acceptors (Lipinski definition) is 6. The number of alkyl halides is 3. The van der Waals surface area contributed by atoms with Gasteiger partial charge in [0.15, 0.2) is 0 Å². The van der Waals surface area contributed by atoms with Crippen molar-refractivity contribution in [2.24, 2.45) is 7.05 Å². The van der Waals surface area contributed by atoms with Crippen LogP contribution in [0.4, 0.5) is 24.5 Å². The molecule has 0 atom stereocenters. The number of benzene rings is 2. The number of piperazine rings is 1. The standard InChI is InChI=1S/C27H31F3N4O4/c1-5-38-26(36)23-17(2)32(3)20-9-10-21(37-4)25(24(20)23)31-22(35)16-33-11-13-34(14-12-33)19-8-6-7-18(15-19)27(28,29)30/h6-10,15H,5,11-14,16H2,1-4H3,(H,31,35). The molecule has 204 valence electrons. The van der Waals surface area contributed by atoms with Crippen LogP contribution in [0.2, 0.25) is 0 Å². The van der Waals surface area contributed by atoms with Gasteiger partial charge >= 0.3 is 12.1 Å². The first-order valence-electron chi connectivity index (χ1n) is 12.3. The van der Waals surface area contributed by atoms with Crippen molar-refractivity contribution in [1.82, 2.24) is 9.47 Å². The van der Waals surface area contributed by atoms with Crippen LogP contribution in [0.25, 0.3) is 10.9 Å². The molecule has 1 N–H and O–H groups in total. The van der Waals surface area contributed by atoms with E-state index in [-0.39, 0.29) is 19.1 Å². The Hall–Kier alpha value is -3.73. The highest BCUT2D eigenvalue weighted by Crippen LogP contribution is 2.38. The summed E-state index contributed by atoms with van der Waals surface area (Å²) in [5.74, 6) is -0.360. The number of rotatable bonds is 7. The predicted octanol–water partition coefficient (Wildman–Crippen LogP) is 4.45. The number of aromatic nitrogens is 1. The number of carbonyl (C=O) groups excluding carboxylic acids is 2. The topological polar surface area (TPSA) is 76.0 Å². The van der Waals surface area contributed by atoms with Gasteiger partial charge in [0.2, 0.25) is 5.91 Å². The van der Waals surface area contributed by atoms with Crippen molar-refractivity contribution in [3.05, 3.63) is 53.2 Å². The lowest BCUT2D eigenvalue weighted by molar-refractivity contribution is -0.137. The maximum Gasteiger partial charge on any atom is 0.416 e. The minimum atomic E-state index is -4.40. The first-order valence-corrected chi connectivity index (χ1v) is 12.3. The van der Waals surface area contributed by atoms with E-state index in [1.807, 2.05) is 34.4 Å².